The number of rotatable bonds is 13. The van der Waals surface area contributed by atoms with Crippen LogP contribution in [0, 0.1) is 11.8 Å². The predicted octanol–water partition coefficient (Wildman–Crippen LogP) is -2.49. The third-order valence-electron chi connectivity index (χ3n) is 7.07. The topological polar surface area (TPSA) is 279 Å². The molecule has 17 nitrogen and oxygen atoms in total. The van der Waals surface area contributed by atoms with Gasteiger partial charge >= 0.3 is 11.7 Å². The molecule has 3 rings (SSSR count). The van der Waals surface area contributed by atoms with Crippen LogP contribution in [0.1, 0.15) is 55.7 Å². The molecule has 2 aromatic rings. The Hall–Kier alpha value is -4.16. The number of nitrogens with zero attached hydrogens (tertiary/aromatic N) is 2. The maximum atomic E-state index is 13.6. The van der Waals surface area contributed by atoms with E-state index in [1.807, 2.05) is 13.8 Å². The van der Waals surface area contributed by atoms with Crippen LogP contribution in [0.2, 0.25) is 0 Å². The number of imidazole rings is 1. The Morgan fingerprint density at radius 2 is 1.84 bits per heavy atom. The van der Waals surface area contributed by atoms with E-state index in [-0.39, 0.29) is 29.5 Å². The molecule has 1 aliphatic rings. The predicted molar refractivity (Wildman–Crippen MR) is 145 cm³/mol. The van der Waals surface area contributed by atoms with Gasteiger partial charge in [-0.05, 0) is 24.5 Å². The van der Waals surface area contributed by atoms with Crippen molar-refractivity contribution in [1.82, 2.24) is 25.2 Å². The maximum Gasteiger partial charge on any atom is 0.329 e. The van der Waals surface area contributed by atoms with Crippen molar-refractivity contribution in [2.45, 2.75) is 76.0 Å². The zero-order valence-corrected chi connectivity index (χ0v) is 23.5. The SMILES string of the molecule is CC(C)C[C@H](N)C(=O)N[C@H](C(=O)N[C@H](C(=O)O)[C@H]1O[C@@H](n2cc(C=O)[nH]c2=O)[C@H](O)[C@@H]1O)[C@H](C)[C@H](O)c1ccc(O)cn1. The van der Waals surface area contributed by atoms with Gasteiger partial charge in [-0.3, -0.25) is 23.9 Å². The molecule has 0 unspecified atom stereocenters. The summed E-state index contributed by atoms with van der Waals surface area (Å²) >= 11 is 0. The van der Waals surface area contributed by atoms with Gasteiger partial charge in [0.2, 0.25) is 11.8 Å². The number of aromatic nitrogens is 3. The number of aliphatic carboxylic acids is 1. The first-order chi connectivity index (χ1) is 20.2. The molecule has 3 heterocycles. The first-order valence-electron chi connectivity index (χ1n) is 13.4. The lowest BCUT2D eigenvalue weighted by molar-refractivity contribution is -0.150. The highest BCUT2D eigenvalue weighted by Gasteiger charge is 2.51. The number of H-pyrrole nitrogens is 1. The van der Waals surface area contributed by atoms with Gasteiger partial charge < -0.3 is 51.6 Å². The molecule has 2 amide bonds. The van der Waals surface area contributed by atoms with Crippen LogP contribution in [-0.4, -0.2) is 101 Å². The van der Waals surface area contributed by atoms with Crippen LogP contribution in [-0.2, 0) is 19.1 Å². The minimum Gasteiger partial charge on any atom is -0.506 e. The summed E-state index contributed by atoms with van der Waals surface area (Å²) in [6, 6.07) is -2.13. The van der Waals surface area contributed by atoms with Gasteiger partial charge in [-0.25, -0.2) is 9.59 Å². The largest absolute Gasteiger partial charge is 0.506 e. The Morgan fingerprint density at radius 3 is 2.37 bits per heavy atom. The number of amides is 2. The molecular formula is C26H36N6O11. The standard InChI is InChI=1S/C26H36N6O11/c1-10(2)6-14(27)22(38)30-16(11(3)18(35)15-5-4-13(34)7-28-15)23(39)31-17(25(40)41)21-19(36)20(37)24(43-21)32-8-12(9-33)29-26(32)42/h4-5,7-11,14,16-21,24,34-37H,6,27H2,1-3H3,(H,29,42)(H,30,38)(H,31,39)(H,40,41)/t11-,14-,16-,17-,18-,19-,20+,21+,24+/m0/s1. The summed E-state index contributed by atoms with van der Waals surface area (Å²) in [5.74, 6) is -4.88. The van der Waals surface area contributed by atoms with Gasteiger partial charge in [0.25, 0.3) is 0 Å². The molecule has 17 heteroatoms. The number of aromatic amines is 1. The molecule has 0 spiro atoms. The number of nitrogens with one attached hydrogen (secondary N) is 3. The second kappa shape index (κ2) is 13.9. The van der Waals surface area contributed by atoms with E-state index in [1.54, 1.807) is 0 Å². The van der Waals surface area contributed by atoms with Crippen LogP contribution in [0.25, 0.3) is 0 Å². The average molecular weight is 609 g/mol. The lowest BCUT2D eigenvalue weighted by Gasteiger charge is -2.31. The Bertz CT molecular complexity index is 1360. The first-order valence-corrected chi connectivity index (χ1v) is 13.4. The summed E-state index contributed by atoms with van der Waals surface area (Å²) < 4.78 is 6.26. The monoisotopic (exact) mass is 608 g/mol. The zero-order valence-electron chi connectivity index (χ0n) is 23.5. The Labute approximate surface area is 244 Å². The van der Waals surface area contributed by atoms with Crippen LogP contribution in [0.4, 0.5) is 0 Å². The van der Waals surface area contributed by atoms with E-state index in [1.165, 1.54) is 19.1 Å². The maximum absolute atomic E-state index is 13.6. The number of hydrogen-bond donors (Lipinski definition) is 9. The van der Waals surface area contributed by atoms with E-state index >= 15 is 0 Å². The van der Waals surface area contributed by atoms with Crippen molar-refractivity contribution in [2.24, 2.45) is 17.6 Å². The zero-order chi connectivity index (χ0) is 32.2. The molecule has 1 aliphatic heterocycles. The smallest absolute Gasteiger partial charge is 0.329 e. The fourth-order valence-electron chi connectivity index (χ4n) is 4.73. The van der Waals surface area contributed by atoms with Crippen molar-refractivity contribution in [1.29, 1.82) is 0 Å². The van der Waals surface area contributed by atoms with Gasteiger partial charge in [-0.2, -0.15) is 0 Å². The number of pyridine rings is 1. The molecule has 1 fully saturated rings. The van der Waals surface area contributed by atoms with E-state index in [0.29, 0.717) is 6.29 Å². The van der Waals surface area contributed by atoms with Gasteiger partial charge in [0, 0.05) is 12.1 Å². The molecule has 2 aromatic heterocycles. The molecule has 236 valence electrons. The fourth-order valence-corrected chi connectivity index (χ4v) is 4.73. The number of carboxylic acid groups (broad SMARTS) is 1. The van der Waals surface area contributed by atoms with Crippen molar-refractivity contribution >= 4 is 24.1 Å². The van der Waals surface area contributed by atoms with Crippen LogP contribution >= 0.6 is 0 Å². The van der Waals surface area contributed by atoms with Crippen LogP contribution < -0.4 is 22.1 Å². The van der Waals surface area contributed by atoms with Crippen molar-refractivity contribution in [3.8, 4) is 5.75 Å². The molecule has 9 atom stereocenters. The van der Waals surface area contributed by atoms with E-state index in [4.69, 9.17) is 10.5 Å². The van der Waals surface area contributed by atoms with E-state index in [2.05, 4.69) is 20.6 Å². The quantitative estimate of drug-likeness (QED) is 0.107. The third-order valence-corrected chi connectivity index (χ3v) is 7.07. The van der Waals surface area contributed by atoms with Crippen molar-refractivity contribution in [2.75, 3.05) is 0 Å². The second-order valence-corrected chi connectivity index (χ2v) is 10.8. The summed E-state index contributed by atoms with van der Waals surface area (Å²) in [5, 5.41) is 56.2. The molecule has 0 aromatic carbocycles. The second-order valence-electron chi connectivity index (χ2n) is 10.8. The molecule has 10 N–H and O–H groups in total. The minimum absolute atomic E-state index is 0.0177. The molecule has 1 saturated heterocycles. The average Bonchev–Trinajstić information content (AvgIpc) is 3.47. The minimum atomic E-state index is -2.03. The number of carbonyl (C=O) groups is 4. The number of hydrogen-bond acceptors (Lipinski definition) is 12. The Morgan fingerprint density at radius 1 is 1.16 bits per heavy atom. The summed E-state index contributed by atoms with van der Waals surface area (Å²) in [6.07, 6.45) is -6.06. The normalized spacial score (nSPS) is 23.6. The lowest BCUT2D eigenvalue weighted by atomic mass is 9.91. The Balaban J connectivity index is 1.89. The summed E-state index contributed by atoms with van der Waals surface area (Å²) in [5.41, 5.74) is 4.95. The van der Waals surface area contributed by atoms with Crippen LogP contribution in [0.3, 0.4) is 0 Å². The fraction of sp³-hybridized carbons (Fsp3) is 0.538. The van der Waals surface area contributed by atoms with E-state index in [0.717, 1.165) is 17.0 Å². The van der Waals surface area contributed by atoms with Gasteiger partial charge in [0.05, 0.1) is 23.6 Å². The van der Waals surface area contributed by atoms with Gasteiger partial charge in [0.1, 0.15) is 36.2 Å². The Kier molecular flexibility index (Phi) is 10.8. The molecule has 0 saturated carbocycles. The number of ether oxygens (including phenoxy) is 1. The highest BCUT2D eigenvalue weighted by molar-refractivity contribution is 5.92. The number of aliphatic hydroxyl groups is 3. The number of nitrogens with two attached hydrogens (primary N) is 1. The van der Waals surface area contributed by atoms with Gasteiger partial charge in [-0.15, -0.1) is 0 Å². The van der Waals surface area contributed by atoms with Crippen LogP contribution in [0.5, 0.6) is 5.75 Å². The summed E-state index contributed by atoms with van der Waals surface area (Å²) in [7, 11) is 0. The number of carboxylic acids is 1. The summed E-state index contributed by atoms with van der Waals surface area (Å²) in [6.45, 7) is 5.04. The number of aldehydes is 1. The number of aromatic hydroxyl groups is 1. The highest BCUT2D eigenvalue weighted by Crippen LogP contribution is 2.31. The van der Waals surface area contributed by atoms with Crippen LogP contribution in [0.15, 0.2) is 29.3 Å². The molecule has 43 heavy (non-hydrogen) atoms. The van der Waals surface area contributed by atoms with Crippen molar-refractivity contribution < 1.29 is 49.4 Å². The van der Waals surface area contributed by atoms with E-state index < -0.39 is 78.2 Å². The number of carbonyl (C=O) groups excluding carboxylic acids is 3. The van der Waals surface area contributed by atoms with Crippen molar-refractivity contribution in [3.63, 3.8) is 0 Å². The molecule has 0 aliphatic carbocycles. The molecular weight excluding hydrogens is 572 g/mol. The molecule has 0 bridgehead atoms. The number of aliphatic hydroxyl groups excluding tert-OH is 3. The van der Waals surface area contributed by atoms with Crippen molar-refractivity contribution in [3.05, 3.63) is 46.4 Å². The summed E-state index contributed by atoms with van der Waals surface area (Å²) in [4.78, 5) is 68.1. The third kappa shape index (κ3) is 7.63. The molecule has 0 radical (unpaired) electrons. The van der Waals surface area contributed by atoms with E-state index in [9.17, 15) is 49.5 Å². The first kappa shape index (κ1) is 33.3. The lowest BCUT2D eigenvalue weighted by Crippen LogP contribution is -2.60. The van der Waals surface area contributed by atoms with Gasteiger partial charge in [0.15, 0.2) is 18.6 Å². The van der Waals surface area contributed by atoms with Gasteiger partial charge in [-0.1, -0.05) is 20.8 Å². The highest BCUT2D eigenvalue weighted by atomic mass is 16.6.